The maximum absolute atomic E-state index is 12.9. The van der Waals surface area contributed by atoms with Crippen LogP contribution in [0.15, 0.2) is 243 Å². The van der Waals surface area contributed by atoms with Gasteiger partial charge in [0.05, 0.1) is 84.4 Å². The molecule has 21 atom stereocenters. The highest BCUT2D eigenvalue weighted by molar-refractivity contribution is 5.66. The number of benzene rings is 8. The van der Waals surface area contributed by atoms with Gasteiger partial charge in [-0.05, 0) is 154 Å². The molecular weight excluding hydrogens is 1310 g/mol. The number of carboxylic acids is 1. The van der Waals surface area contributed by atoms with E-state index in [1.807, 2.05) is 84.9 Å². The summed E-state index contributed by atoms with van der Waals surface area (Å²) in [5.41, 5.74) is 7.63. The van der Waals surface area contributed by atoms with Crippen molar-refractivity contribution < 1.29 is 62.4 Å². The van der Waals surface area contributed by atoms with E-state index in [1.54, 1.807) is 0 Å². The molecule has 13 nitrogen and oxygen atoms in total. The third kappa shape index (κ3) is 17.8. The van der Waals surface area contributed by atoms with Crippen molar-refractivity contribution in [3.8, 4) is 0 Å². The fourth-order valence-corrected chi connectivity index (χ4v) is 20.0. The molecule has 0 amide bonds. The lowest BCUT2D eigenvalue weighted by molar-refractivity contribution is -0.313. The SMILES string of the molecule is C[C@H](CCC(=O)O)[C@H]1CC[C@H]2[C@@H]3[C@@H]([C@@H]4O[C@H](COCc5ccccc5)[C@@H](OCc5ccccc5)[C@H](OCc5ccccc5)[C@H]4OCc4ccccc4)C[C@@H]4C[C@H](O)CC[C@]4(C)[C@H]3C[C@@H]([C@@H]3O[C@H](COCc4ccccc4)[C@@H](OCc4ccccc4)[C@H](OCc4ccccc4)[C@H]3OCc3ccccc3)[C@]12C. The van der Waals surface area contributed by atoms with Crippen molar-refractivity contribution in [3.63, 3.8) is 0 Å². The molecule has 4 aliphatic carbocycles. The van der Waals surface area contributed by atoms with Gasteiger partial charge in [0.1, 0.15) is 48.8 Å². The first-order valence-electron chi connectivity index (χ1n) is 38.8. The van der Waals surface area contributed by atoms with E-state index in [2.05, 4.69) is 178 Å². The van der Waals surface area contributed by atoms with Crippen LogP contribution in [0.5, 0.6) is 0 Å². The zero-order valence-corrected chi connectivity index (χ0v) is 61.4. The third-order valence-electron chi connectivity index (χ3n) is 25.2. The number of aliphatic hydroxyl groups excluding tert-OH is 1. The Labute approximate surface area is 622 Å². The molecule has 2 N–H and O–H groups in total. The van der Waals surface area contributed by atoms with E-state index in [9.17, 15) is 15.0 Å². The highest BCUT2D eigenvalue weighted by Gasteiger charge is 2.70. The van der Waals surface area contributed by atoms with E-state index in [4.69, 9.17) is 47.4 Å². The largest absolute Gasteiger partial charge is 0.481 e. The maximum Gasteiger partial charge on any atom is 0.303 e. The molecule has 8 aromatic carbocycles. The first-order chi connectivity index (χ1) is 51.5. The Bertz CT molecular complexity index is 3880. The second kappa shape index (κ2) is 35.7. The summed E-state index contributed by atoms with van der Waals surface area (Å²) in [6.07, 6.45) is -0.370. The molecule has 6 fully saturated rings. The Morgan fingerprint density at radius 2 is 0.771 bits per heavy atom. The van der Waals surface area contributed by atoms with Gasteiger partial charge in [-0.15, -0.1) is 0 Å². The molecule has 0 bridgehead atoms. The Balaban J connectivity index is 0.922. The number of carbonyl (C=O) groups is 1. The van der Waals surface area contributed by atoms with Crippen LogP contribution in [0.25, 0.3) is 0 Å². The summed E-state index contributed by atoms with van der Waals surface area (Å²) in [5, 5.41) is 22.8. The average Bonchev–Trinajstić information content (AvgIpc) is 1.68. The molecule has 6 aliphatic rings. The summed E-state index contributed by atoms with van der Waals surface area (Å²) >= 11 is 0. The lowest BCUT2D eigenvalue weighted by Gasteiger charge is -2.68. The number of hydrogen-bond donors (Lipinski definition) is 2. The number of rotatable bonds is 32. The van der Waals surface area contributed by atoms with Crippen LogP contribution in [-0.2, 0) is 105 Å². The van der Waals surface area contributed by atoms with Gasteiger partial charge in [0.25, 0.3) is 0 Å². The summed E-state index contributed by atoms with van der Waals surface area (Å²) < 4.78 is 75.4. The smallest absolute Gasteiger partial charge is 0.303 e. The number of ether oxygens (including phenoxy) is 10. The molecule has 0 radical (unpaired) electrons. The Hall–Kier alpha value is -7.21. The molecule has 0 aromatic heterocycles. The van der Waals surface area contributed by atoms with Crippen molar-refractivity contribution >= 4 is 5.97 Å². The van der Waals surface area contributed by atoms with Gasteiger partial charge in [0.2, 0.25) is 0 Å². The second-order valence-electron chi connectivity index (χ2n) is 31.5. The molecule has 0 unspecified atom stereocenters. The van der Waals surface area contributed by atoms with Crippen molar-refractivity contribution in [2.75, 3.05) is 13.2 Å². The molecule has 2 heterocycles. The van der Waals surface area contributed by atoms with Crippen LogP contribution < -0.4 is 0 Å². The van der Waals surface area contributed by atoms with Gasteiger partial charge in [-0.3, -0.25) is 4.79 Å². The lowest BCUT2D eigenvalue weighted by atomic mass is 9.39. The number of carboxylic acid groups (broad SMARTS) is 1. The zero-order valence-electron chi connectivity index (χ0n) is 61.4. The molecule has 4 saturated carbocycles. The third-order valence-corrected chi connectivity index (χ3v) is 25.2. The quantitative estimate of drug-likeness (QED) is 0.0412. The number of hydrogen-bond acceptors (Lipinski definition) is 12. The molecule has 2 aliphatic heterocycles. The molecule has 105 heavy (non-hydrogen) atoms. The number of aliphatic carboxylic acids is 1. The number of fused-ring (bicyclic) bond motifs is 5. The minimum Gasteiger partial charge on any atom is -0.481 e. The Morgan fingerprint density at radius 1 is 0.419 bits per heavy atom. The molecule has 2 saturated heterocycles. The normalized spacial score (nSPS) is 31.8. The molecule has 0 spiro atoms. The fourth-order valence-electron chi connectivity index (χ4n) is 20.0. The summed E-state index contributed by atoms with van der Waals surface area (Å²) in [7, 11) is 0. The van der Waals surface area contributed by atoms with E-state index >= 15 is 0 Å². The molecule has 14 rings (SSSR count). The van der Waals surface area contributed by atoms with Gasteiger partial charge in [0.15, 0.2) is 0 Å². The fraction of sp³-hybridized carbons (Fsp3) is 0.467. The van der Waals surface area contributed by atoms with Gasteiger partial charge in [-0.25, -0.2) is 0 Å². The van der Waals surface area contributed by atoms with Gasteiger partial charge >= 0.3 is 5.97 Å². The van der Waals surface area contributed by atoms with E-state index in [0.717, 1.165) is 76.6 Å². The van der Waals surface area contributed by atoms with Crippen LogP contribution in [0, 0.1) is 58.2 Å². The van der Waals surface area contributed by atoms with E-state index in [-0.39, 0.29) is 72.4 Å². The van der Waals surface area contributed by atoms with Crippen LogP contribution in [0.3, 0.4) is 0 Å². The van der Waals surface area contributed by atoms with E-state index in [1.165, 1.54) is 0 Å². The summed E-state index contributed by atoms with van der Waals surface area (Å²) in [6.45, 7) is 10.5. The molecule has 13 heteroatoms. The summed E-state index contributed by atoms with van der Waals surface area (Å²) in [4.78, 5) is 12.9. The maximum atomic E-state index is 12.9. The van der Waals surface area contributed by atoms with Crippen molar-refractivity contribution in [2.45, 2.75) is 199 Å². The minimum atomic E-state index is -0.788. The first-order valence-corrected chi connectivity index (χ1v) is 38.8. The minimum absolute atomic E-state index is 0.0343. The van der Waals surface area contributed by atoms with Crippen LogP contribution in [0.2, 0.25) is 0 Å². The van der Waals surface area contributed by atoms with Crippen LogP contribution in [0.1, 0.15) is 123 Å². The predicted molar refractivity (Wildman–Crippen MR) is 405 cm³/mol. The van der Waals surface area contributed by atoms with Gasteiger partial charge in [-0.1, -0.05) is 263 Å². The van der Waals surface area contributed by atoms with Crippen LogP contribution in [-0.4, -0.2) is 96.5 Å². The second-order valence-corrected chi connectivity index (χ2v) is 31.5. The molecule has 8 aromatic rings. The summed E-state index contributed by atoms with van der Waals surface area (Å²) in [6, 6.07) is 83.0. The van der Waals surface area contributed by atoms with Crippen LogP contribution in [0.4, 0.5) is 0 Å². The van der Waals surface area contributed by atoms with Gasteiger partial charge < -0.3 is 57.6 Å². The topological polar surface area (TPSA) is 150 Å². The monoisotopic (exact) mass is 1420 g/mol. The Morgan fingerprint density at radius 3 is 1.16 bits per heavy atom. The van der Waals surface area contributed by atoms with Crippen molar-refractivity contribution in [3.05, 3.63) is 287 Å². The average molecular weight is 1420 g/mol. The van der Waals surface area contributed by atoms with E-state index in [0.29, 0.717) is 72.1 Å². The lowest BCUT2D eigenvalue weighted by Crippen LogP contribution is -2.69. The molecule has 554 valence electrons. The summed E-state index contributed by atoms with van der Waals surface area (Å²) in [5.74, 6) is -0.581. The van der Waals surface area contributed by atoms with Gasteiger partial charge in [-0.2, -0.15) is 0 Å². The highest BCUT2D eigenvalue weighted by Crippen LogP contribution is 2.73. The molecular formula is C92H108O13. The predicted octanol–water partition coefficient (Wildman–Crippen LogP) is 17.4. The van der Waals surface area contributed by atoms with Gasteiger partial charge in [0, 0.05) is 6.42 Å². The van der Waals surface area contributed by atoms with E-state index < -0.39 is 78.5 Å². The van der Waals surface area contributed by atoms with Crippen molar-refractivity contribution in [1.82, 2.24) is 0 Å². The standard InChI is InChI=1S/C92H108O13/c1-63(44-47-81(94)95)75-45-46-76-82-74(83-87(100-57-68-36-20-8-21-37-68)89(102-59-70-40-24-10-25-41-70)85(98-55-66-32-16-6-17-33-66)79(104-83)61-96-53-64-28-12-4-13-29-64)51-72-50-73(93)48-49-91(72,2)77(82)52-78(92(75,76)3)84-88(101-58-69-38-22-9-23-39-69)90(103-60-71-42-26-11-27-43-71)86(99-56-67-34-18-7-19-35-67)80(105-84)62-97-54-65-30-14-5-15-31-65/h4-43,63,72-80,82-90,93H,44-62H2,1-3H3,(H,94,95)/t63-,72+,73-,74+,75-,76+,77+,78+,79-,80-,82+,83+,84+,85-,86-,87+,88+,89+,90+,91+,92-/m1/s1. The zero-order chi connectivity index (χ0) is 72.0. The van der Waals surface area contributed by atoms with Crippen LogP contribution >= 0.6 is 0 Å². The van der Waals surface area contributed by atoms with Crippen molar-refractivity contribution in [1.29, 1.82) is 0 Å². The Kier molecular flexibility index (Phi) is 25.4. The first kappa shape index (κ1) is 74.6. The number of aliphatic hydroxyl groups is 1. The highest BCUT2D eigenvalue weighted by atomic mass is 16.6. The van der Waals surface area contributed by atoms with Crippen molar-refractivity contribution in [2.24, 2.45) is 58.2 Å².